The van der Waals surface area contributed by atoms with Gasteiger partial charge in [0, 0.05) is 32.0 Å². The zero-order chi connectivity index (χ0) is 17.0. The minimum absolute atomic E-state index is 0.0245. The van der Waals surface area contributed by atoms with E-state index in [0.717, 1.165) is 6.07 Å². The topological polar surface area (TPSA) is 61.4 Å². The number of aliphatic hydroxyl groups excluding tert-OH is 1. The van der Waals surface area contributed by atoms with Crippen molar-refractivity contribution in [3.8, 4) is 0 Å². The first-order valence-corrected chi connectivity index (χ1v) is 7.60. The van der Waals surface area contributed by atoms with Gasteiger partial charge in [-0.3, -0.25) is 4.79 Å². The van der Waals surface area contributed by atoms with Crippen LogP contribution >= 0.6 is 0 Å². The van der Waals surface area contributed by atoms with Crippen molar-refractivity contribution in [3.63, 3.8) is 0 Å². The molecule has 0 aromatic heterocycles. The Bertz CT molecular complexity index is 548. The molecule has 0 spiro atoms. The van der Waals surface area contributed by atoms with Crippen LogP contribution in [-0.4, -0.2) is 36.8 Å². The molecule has 3 unspecified atom stereocenters. The first-order chi connectivity index (χ1) is 10.8. The van der Waals surface area contributed by atoms with Crippen molar-refractivity contribution in [2.24, 2.45) is 5.92 Å². The van der Waals surface area contributed by atoms with Crippen LogP contribution in [0.3, 0.4) is 0 Å². The van der Waals surface area contributed by atoms with Gasteiger partial charge in [0.05, 0.1) is 11.7 Å². The molecule has 0 aliphatic carbocycles. The summed E-state index contributed by atoms with van der Waals surface area (Å²) in [5, 5.41) is 15.4. The predicted octanol–water partition coefficient (Wildman–Crippen LogP) is 1.90. The molecule has 7 heteroatoms. The smallest absolute Gasteiger partial charge is 0.391 e. The van der Waals surface area contributed by atoms with Gasteiger partial charge < -0.3 is 15.7 Å². The van der Waals surface area contributed by atoms with Gasteiger partial charge in [-0.1, -0.05) is 25.1 Å². The van der Waals surface area contributed by atoms with Crippen LogP contribution in [0, 0.1) is 5.92 Å². The second kappa shape index (κ2) is 7.31. The SMILES string of the molecule is CC(CC(=O)NCC1CNCC1O)c1ccccc1C(F)(F)F. The number of aliphatic hydroxyl groups is 1. The van der Waals surface area contributed by atoms with E-state index in [-0.39, 0.29) is 23.8 Å². The van der Waals surface area contributed by atoms with Crippen LogP contribution in [0.2, 0.25) is 0 Å². The largest absolute Gasteiger partial charge is 0.416 e. The van der Waals surface area contributed by atoms with Gasteiger partial charge in [-0.05, 0) is 17.5 Å². The van der Waals surface area contributed by atoms with Gasteiger partial charge in [-0.15, -0.1) is 0 Å². The molecule has 1 heterocycles. The van der Waals surface area contributed by atoms with Crippen molar-refractivity contribution in [1.29, 1.82) is 0 Å². The molecular formula is C16H21F3N2O2. The lowest BCUT2D eigenvalue weighted by molar-refractivity contribution is -0.138. The van der Waals surface area contributed by atoms with Crippen molar-refractivity contribution in [2.45, 2.75) is 31.5 Å². The predicted molar refractivity (Wildman–Crippen MR) is 79.9 cm³/mol. The molecule has 1 aromatic rings. The van der Waals surface area contributed by atoms with Crippen LogP contribution < -0.4 is 10.6 Å². The third kappa shape index (κ3) is 4.68. The van der Waals surface area contributed by atoms with E-state index in [1.165, 1.54) is 12.1 Å². The normalized spacial score (nSPS) is 22.8. The van der Waals surface area contributed by atoms with Gasteiger partial charge in [0.1, 0.15) is 0 Å². The van der Waals surface area contributed by atoms with Gasteiger partial charge in [0.2, 0.25) is 5.91 Å². The van der Waals surface area contributed by atoms with E-state index < -0.39 is 23.8 Å². The van der Waals surface area contributed by atoms with Crippen LogP contribution in [0.15, 0.2) is 24.3 Å². The van der Waals surface area contributed by atoms with Crippen LogP contribution in [-0.2, 0) is 11.0 Å². The number of alkyl halides is 3. The van der Waals surface area contributed by atoms with Crippen LogP contribution in [0.4, 0.5) is 13.2 Å². The van der Waals surface area contributed by atoms with E-state index >= 15 is 0 Å². The third-order valence-electron chi connectivity index (χ3n) is 4.15. The Morgan fingerprint density at radius 2 is 2.09 bits per heavy atom. The highest BCUT2D eigenvalue weighted by Gasteiger charge is 2.34. The lowest BCUT2D eigenvalue weighted by Crippen LogP contribution is -2.34. The summed E-state index contributed by atoms with van der Waals surface area (Å²) in [5.41, 5.74) is -0.576. The van der Waals surface area contributed by atoms with Crippen molar-refractivity contribution in [1.82, 2.24) is 10.6 Å². The average Bonchev–Trinajstić information content (AvgIpc) is 2.89. The number of hydrogen-bond donors (Lipinski definition) is 3. The summed E-state index contributed by atoms with van der Waals surface area (Å²) in [5.74, 6) is -0.912. The van der Waals surface area contributed by atoms with E-state index in [4.69, 9.17) is 0 Å². The quantitative estimate of drug-likeness (QED) is 0.773. The second-order valence-corrected chi connectivity index (χ2v) is 5.98. The van der Waals surface area contributed by atoms with E-state index in [9.17, 15) is 23.1 Å². The summed E-state index contributed by atoms with van der Waals surface area (Å²) in [6.45, 7) is 3.04. The van der Waals surface area contributed by atoms with Crippen LogP contribution in [0.25, 0.3) is 0 Å². The summed E-state index contributed by atoms with van der Waals surface area (Å²) in [7, 11) is 0. The molecule has 3 N–H and O–H groups in total. The molecule has 1 aliphatic rings. The van der Waals surface area contributed by atoms with E-state index in [1.54, 1.807) is 13.0 Å². The summed E-state index contributed by atoms with van der Waals surface area (Å²) < 4.78 is 39.0. The number of nitrogens with one attached hydrogen (secondary N) is 2. The van der Waals surface area contributed by atoms with E-state index in [0.29, 0.717) is 19.6 Å². The fraction of sp³-hybridized carbons (Fsp3) is 0.562. The van der Waals surface area contributed by atoms with Crippen molar-refractivity contribution >= 4 is 5.91 Å². The zero-order valence-electron chi connectivity index (χ0n) is 12.9. The standard InChI is InChI=1S/C16H21F3N2O2/c1-10(12-4-2-3-5-13(12)16(17,18)19)6-15(23)21-8-11-7-20-9-14(11)22/h2-5,10-11,14,20,22H,6-9H2,1H3,(H,21,23). The molecular weight excluding hydrogens is 309 g/mol. The number of carbonyl (C=O) groups excluding carboxylic acids is 1. The molecule has 1 aliphatic heterocycles. The van der Waals surface area contributed by atoms with Crippen molar-refractivity contribution in [2.75, 3.05) is 19.6 Å². The molecule has 3 atom stereocenters. The van der Waals surface area contributed by atoms with Gasteiger partial charge in [0.25, 0.3) is 0 Å². The molecule has 1 amide bonds. The summed E-state index contributed by atoms with van der Waals surface area (Å²) in [6, 6.07) is 5.32. The number of rotatable bonds is 5. The van der Waals surface area contributed by atoms with Gasteiger partial charge in [0.15, 0.2) is 0 Å². The average molecular weight is 330 g/mol. The highest BCUT2D eigenvalue weighted by atomic mass is 19.4. The Morgan fingerprint density at radius 3 is 2.70 bits per heavy atom. The minimum Gasteiger partial charge on any atom is -0.391 e. The maximum atomic E-state index is 13.0. The number of amides is 1. The van der Waals surface area contributed by atoms with E-state index in [2.05, 4.69) is 10.6 Å². The Morgan fingerprint density at radius 1 is 1.39 bits per heavy atom. The zero-order valence-corrected chi connectivity index (χ0v) is 12.9. The molecule has 2 rings (SSSR count). The minimum atomic E-state index is -4.43. The molecule has 128 valence electrons. The first-order valence-electron chi connectivity index (χ1n) is 7.60. The number of benzene rings is 1. The fourth-order valence-corrected chi connectivity index (χ4v) is 2.82. The highest BCUT2D eigenvalue weighted by molar-refractivity contribution is 5.76. The molecule has 1 saturated heterocycles. The Hall–Kier alpha value is -1.60. The van der Waals surface area contributed by atoms with Gasteiger partial charge >= 0.3 is 6.18 Å². The molecule has 23 heavy (non-hydrogen) atoms. The second-order valence-electron chi connectivity index (χ2n) is 5.98. The lowest BCUT2D eigenvalue weighted by atomic mass is 9.92. The Balaban J connectivity index is 1.94. The highest BCUT2D eigenvalue weighted by Crippen LogP contribution is 2.35. The number of carbonyl (C=O) groups is 1. The fourth-order valence-electron chi connectivity index (χ4n) is 2.82. The molecule has 0 radical (unpaired) electrons. The summed E-state index contributed by atoms with van der Waals surface area (Å²) >= 11 is 0. The number of hydrogen-bond acceptors (Lipinski definition) is 3. The Kier molecular flexibility index (Phi) is 5.64. The molecule has 0 bridgehead atoms. The number of β-amino-alcohol motifs (C(OH)–C–C–N with tert-alkyl or cyclic N) is 1. The monoisotopic (exact) mass is 330 g/mol. The Labute approximate surface area is 133 Å². The summed E-state index contributed by atoms with van der Waals surface area (Å²) in [6.07, 6.45) is -4.96. The van der Waals surface area contributed by atoms with Crippen LogP contribution in [0.5, 0.6) is 0 Å². The van der Waals surface area contributed by atoms with E-state index in [1.807, 2.05) is 0 Å². The molecule has 1 fully saturated rings. The molecule has 0 saturated carbocycles. The van der Waals surface area contributed by atoms with Gasteiger partial charge in [-0.25, -0.2) is 0 Å². The maximum absolute atomic E-state index is 13.0. The molecule has 4 nitrogen and oxygen atoms in total. The lowest BCUT2D eigenvalue weighted by Gasteiger charge is -2.19. The van der Waals surface area contributed by atoms with Crippen molar-refractivity contribution in [3.05, 3.63) is 35.4 Å². The maximum Gasteiger partial charge on any atom is 0.416 e. The third-order valence-corrected chi connectivity index (χ3v) is 4.15. The van der Waals surface area contributed by atoms with Gasteiger partial charge in [-0.2, -0.15) is 13.2 Å². The summed E-state index contributed by atoms with van der Waals surface area (Å²) in [4.78, 5) is 12.0. The van der Waals surface area contributed by atoms with Crippen LogP contribution in [0.1, 0.15) is 30.4 Å². The first kappa shape index (κ1) is 17.7. The van der Waals surface area contributed by atoms with Crippen molar-refractivity contribution < 1.29 is 23.1 Å². The molecule has 1 aromatic carbocycles. The number of halogens is 3.